The molecule has 2 heterocycles. The molecule has 0 saturated carbocycles. The van der Waals surface area contributed by atoms with Crippen molar-refractivity contribution in [2.45, 2.75) is 19.8 Å². The highest BCUT2D eigenvalue weighted by Crippen LogP contribution is 2.27. The summed E-state index contributed by atoms with van der Waals surface area (Å²) < 4.78 is 0. The van der Waals surface area contributed by atoms with Crippen molar-refractivity contribution in [2.24, 2.45) is 0 Å². The number of nitrogens with one attached hydrogen (secondary N) is 1. The van der Waals surface area contributed by atoms with Gasteiger partial charge in [-0.05, 0) is 55.7 Å². The maximum atomic E-state index is 12.3. The van der Waals surface area contributed by atoms with Gasteiger partial charge in [0, 0.05) is 24.3 Å². The van der Waals surface area contributed by atoms with Crippen molar-refractivity contribution in [3.05, 3.63) is 58.4 Å². The van der Waals surface area contributed by atoms with E-state index in [1.54, 1.807) is 6.07 Å². The summed E-state index contributed by atoms with van der Waals surface area (Å²) in [5, 5.41) is 0.627. The van der Waals surface area contributed by atoms with Crippen LogP contribution in [0.5, 0.6) is 0 Å². The smallest absolute Gasteiger partial charge is 0.259 e. The number of aryl methyl sites for hydroxylation is 1. The minimum Gasteiger partial charge on any atom is -0.372 e. The molecule has 0 amide bonds. The Bertz CT molecular complexity index is 923. The maximum absolute atomic E-state index is 12.3. The molecule has 0 atom stereocenters. The summed E-state index contributed by atoms with van der Waals surface area (Å²) in [7, 11) is 0. The quantitative estimate of drug-likeness (QED) is 0.788. The number of aromatic nitrogens is 2. The van der Waals surface area contributed by atoms with E-state index >= 15 is 0 Å². The van der Waals surface area contributed by atoms with Crippen molar-refractivity contribution in [3.8, 4) is 11.4 Å². The number of fused-ring (bicyclic) bond motifs is 1. The minimum absolute atomic E-state index is 0.0892. The van der Waals surface area contributed by atoms with E-state index in [0.717, 1.165) is 29.7 Å². The van der Waals surface area contributed by atoms with Crippen molar-refractivity contribution >= 4 is 16.6 Å². The zero-order valence-corrected chi connectivity index (χ0v) is 13.2. The largest absolute Gasteiger partial charge is 0.372 e. The molecule has 1 aromatic heterocycles. The first-order valence-corrected chi connectivity index (χ1v) is 8.07. The van der Waals surface area contributed by atoms with Crippen LogP contribution >= 0.6 is 0 Å². The van der Waals surface area contributed by atoms with Crippen molar-refractivity contribution in [1.82, 2.24) is 9.97 Å². The van der Waals surface area contributed by atoms with Gasteiger partial charge in [-0.25, -0.2) is 4.98 Å². The van der Waals surface area contributed by atoms with Crippen LogP contribution in [0.25, 0.3) is 22.3 Å². The fourth-order valence-corrected chi connectivity index (χ4v) is 3.30. The van der Waals surface area contributed by atoms with Gasteiger partial charge in [0.2, 0.25) is 0 Å². The van der Waals surface area contributed by atoms with Crippen LogP contribution in [0.1, 0.15) is 18.4 Å². The Labute approximate surface area is 134 Å². The second-order valence-corrected chi connectivity index (χ2v) is 6.13. The molecule has 4 nitrogen and oxygen atoms in total. The average Bonchev–Trinajstić information content (AvgIpc) is 3.09. The summed E-state index contributed by atoms with van der Waals surface area (Å²) in [4.78, 5) is 22.2. The number of para-hydroxylation sites is 1. The van der Waals surface area contributed by atoms with E-state index in [4.69, 9.17) is 0 Å². The van der Waals surface area contributed by atoms with Crippen molar-refractivity contribution in [1.29, 1.82) is 0 Å². The Morgan fingerprint density at radius 3 is 2.65 bits per heavy atom. The first-order chi connectivity index (χ1) is 11.2. The number of aromatic amines is 1. The Balaban J connectivity index is 1.79. The number of H-pyrrole nitrogens is 1. The van der Waals surface area contributed by atoms with Gasteiger partial charge < -0.3 is 9.88 Å². The molecule has 0 radical (unpaired) electrons. The summed E-state index contributed by atoms with van der Waals surface area (Å²) in [5.41, 5.74) is 4.01. The summed E-state index contributed by atoms with van der Waals surface area (Å²) in [6.07, 6.45) is 2.53. The SMILES string of the molecule is Cc1cc(N2CCCC2)ccc1-c1nc2ccccc2c(=O)[nH]1. The van der Waals surface area contributed by atoms with Crippen LogP contribution in [-0.2, 0) is 0 Å². The Morgan fingerprint density at radius 2 is 1.87 bits per heavy atom. The van der Waals surface area contributed by atoms with Crippen LogP contribution in [0.4, 0.5) is 5.69 Å². The lowest BCUT2D eigenvalue weighted by atomic mass is 10.1. The van der Waals surface area contributed by atoms with Crippen LogP contribution in [0, 0.1) is 6.92 Å². The standard InChI is InChI=1S/C19H19N3O/c1-13-12-14(22-10-4-5-11-22)8-9-15(13)18-20-17-7-3-2-6-16(17)19(23)21-18/h2-3,6-9,12H,4-5,10-11H2,1H3,(H,20,21,23). The predicted octanol–water partition coefficient (Wildman–Crippen LogP) is 3.50. The first kappa shape index (κ1) is 14.0. The monoisotopic (exact) mass is 305 g/mol. The van der Waals surface area contributed by atoms with Gasteiger partial charge in [-0.15, -0.1) is 0 Å². The zero-order valence-electron chi connectivity index (χ0n) is 13.2. The van der Waals surface area contributed by atoms with Gasteiger partial charge in [-0.1, -0.05) is 12.1 Å². The molecule has 3 aromatic rings. The van der Waals surface area contributed by atoms with Crippen LogP contribution in [-0.4, -0.2) is 23.1 Å². The molecule has 1 saturated heterocycles. The van der Waals surface area contributed by atoms with Crippen molar-refractivity contribution in [3.63, 3.8) is 0 Å². The number of anilines is 1. The highest BCUT2D eigenvalue weighted by Gasteiger charge is 2.14. The Morgan fingerprint density at radius 1 is 1.09 bits per heavy atom. The molecule has 0 bridgehead atoms. The molecule has 1 N–H and O–H groups in total. The number of rotatable bonds is 2. The van der Waals surface area contributed by atoms with Crippen LogP contribution < -0.4 is 10.5 Å². The number of benzene rings is 2. The number of hydrogen-bond acceptors (Lipinski definition) is 3. The maximum Gasteiger partial charge on any atom is 0.259 e. The van der Waals surface area contributed by atoms with E-state index < -0.39 is 0 Å². The Kier molecular flexibility index (Phi) is 3.37. The molecule has 0 unspecified atom stereocenters. The minimum atomic E-state index is -0.0892. The van der Waals surface area contributed by atoms with Crippen molar-refractivity contribution < 1.29 is 0 Å². The van der Waals surface area contributed by atoms with Gasteiger partial charge in [0.25, 0.3) is 5.56 Å². The van der Waals surface area contributed by atoms with E-state index in [1.807, 2.05) is 18.2 Å². The molecule has 0 aliphatic carbocycles. The third-order valence-corrected chi connectivity index (χ3v) is 4.55. The van der Waals surface area contributed by atoms with Gasteiger partial charge in [0.05, 0.1) is 10.9 Å². The third-order valence-electron chi connectivity index (χ3n) is 4.55. The van der Waals surface area contributed by atoms with Gasteiger partial charge in [-0.3, -0.25) is 4.79 Å². The zero-order chi connectivity index (χ0) is 15.8. The fourth-order valence-electron chi connectivity index (χ4n) is 3.30. The molecule has 4 heteroatoms. The highest BCUT2D eigenvalue weighted by atomic mass is 16.1. The first-order valence-electron chi connectivity index (χ1n) is 8.07. The topological polar surface area (TPSA) is 49.0 Å². The van der Waals surface area contributed by atoms with Gasteiger partial charge in [0.1, 0.15) is 5.82 Å². The average molecular weight is 305 g/mol. The lowest BCUT2D eigenvalue weighted by Gasteiger charge is -2.19. The molecular formula is C19H19N3O. The third kappa shape index (κ3) is 2.50. The molecule has 23 heavy (non-hydrogen) atoms. The van der Waals surface area contributed by atoms with Crippen molar-refractivity contribution in [2.75, 3.05) is 18.0 Å². The van der Waals surface area contributed by atoms with Gasteiger partial charge in [-0.2, -0.15) is 0 Å². The number of nitrogens with zero attached hydrogens (tertiary/aromatic N) is 2. The van der Waals surface area contributed by atoms with E-state index in [0.29, 0.717) is 11.2 Å². The molecule has 2 aromatic carbocycles. The van der Waals surface area contributed by atoms with E-state index in [-0.39, 0.29) is 5.56 Å². The fraction of sp³-hybridized carbons (Fsp3) is 0.263. The summed E-state index contributed by atoms with van der Waals surface area (Å²) in [6, 6.07) is 13.8. The molecular weight excluding hydrogens is 286 g/mol. The van der Waals surface area contributed by atoms with E-state index in [9.17, 15) is 4.79 Å². The number of hydrogen-bond donors (Lipinski definition) is 1. The lowest BCUT2D eigenvalue weighted by molar-refractivity contribution is 0.949. The molecule has 1 aliphatic rings. The van der Waals surface area contributed by atoms with E-state index in [1.165, 1.54) is 18.5 Å². The second kappa shape index (κ2) is 5.54. The molecule has 116 valence electrons. The lowest BCUT2D eigenvalue weighted by Crippen LogP contribution is -2.17. The Hall–Kier alpha value is -2.62. The van der Waals surface area contributed by atoms with E-state index in [2.05, 4.69) is 40.0 Å². The second-order valence-electron chi connectivity index (χ2n) is 6.13. The van der Waals surface area contributed by atoms with Crippen LogP contribution in [0.15, 0.2) is 47.3 Å². The molecule has 1 fully saturated rings. The normalized spacial score (nSPS) is 14.6. The van der Waals surface area contributed by atoms with Gasteiger partial charge >= 0.3 is 0 Å². The predicted molar refractivity (Wildman–Crippen MR) is 94.0 cm³/mol. The van der Waals surface area contributed by atoms with Crippen LogP contribution in [0.2, 0.25) is 0 Å². The summed E-state index contributed by atoms with van der Waals surface area (Å²) in [6.45, 7) is 4.33. The molecule has 4 rings (SSSR count). The van der Waals surface area contributed by atoms with Crippen LogP contribution in [0.3, 0.4) is 0 Å². The summed E-state index contributed by atoms with van der Waals surface area (Å²) in [5.74, 6) is 0.638. The highest BCUT2D eigenvalue weighted by molar-refractivity contribution is 5.79. The summed E-state index contributed by atoms with van der Waals surface area (Å²) >= 11 is 0. The van der Waals surface area contributed by atoms with Gasteiger partial charge in [0.15, 0.2) is 0 Å². The molecule has 1 aliphatic heterocycles. The molecule has 0 spiro atoms.